The number of benzene rings is 2. The number of carbonyl (C=O) groups is 2. The maximum absolute atomic E-state index is 13.4. The van der Waals surface area contributed by atoms with Crippen molar-refractivity contribution < 1.29 is 14.5 Å². The molecule has 32 heavy (non-hydrogen) atoms. The number of amides is 2. The van der Waals surface area contributed by atoms with Crippen LogP contribution in [0.1, 0.15) is 38.3 Å². The van der Waals surface area contributed by atoms with E-state index in [1.165, 1.54) is 11.0 Å². The molecule has 2 aromatic rings. The lowest BCUT2D eigenvalue weighted by Gasteiger charge is -2.31. The Hall–Kier alpha value is -2.64. The second-order valence-corrected chi connectivity index (χ2v) is 8.73. The third kappa shape index (κ3) is 6.93. The Bertz CT molecular complexity index is 981. The Labute approximate surface area is 197 Å². The van der Waals surface area contributed by atoms with Crippen LogP contribution in [0.2, 0.25) is 10.0 Å². The molecule has 0 radical (unpaired) electrons. The first-order valence-corrected chi connectivity index (χ1v) is 11.1. The van der Waals surface area contributed by atoms with Crippen LogP contribution in [-0.2, 0) is 22.6 Å². The maximum atomic E-state index is 13.4. The zero-order chi connectivity index (χ0) is 23.8. The van der Waals surface area contributed by atoms with E-state index in [4.69, 9.17) is 23.2 Å². The minimum atomic E-state index is -0.754. The molecule has 1 unspecified atom stereocenters. The lowest BCUT2D eigenvalue weighted by Crippen LogP contribution is -2.50. The van der Waals surface area contributed by atoms with Crippen LogP contribution in [0.25, 0.3) is 0 Å². The SMILES string of the molecule is CCC(C(=O)NCC(C)C)N(Cc1ccc(Cl)cc1Cl)C(=O)Cc1ccccc1[N+](=O)[O-]. The molecule has 7 nitrogen and oxygen atoms in total. The summed E-state index contributed by atoms with van der Waals surface area (Å²) in [6, 6.07) is 10.3. The van der Waals surface area contributed by atoms with E-state index in [2.05, 4.69) is 5.32 Å². The van der Waals surface area contributed by atoms with Gasteiger partial charge in [-0.2, -0.15) is 0 Å². The number of hydrogen-bond donors (Lipinski definition) is 1. The molecule has 0 spiro atoms. The highest BCUT2D eigenvalue weighted by Crippen LogP contribution is 2.25. The van der Waals surface area contributed by atoms with Gasteiger partial charge in [0.25, 0.3) is 5.69 Å². The maximum Gasteiger partial charge on any atom is 0.273 e. The summed E-state index contributed by atoms with van der Waals surface area (Å²) in [5, 5.41) is 15.1. The molecular formula is C23H27Cl2N3O4. The molecule has 0 bridgehead atoms. The molecule has 1 N–H and O–H groups in total. The minimum absolute atomic E-state index is 0.0725. The van der Waals surface area contributed by atoms with Crippen LogP contribution in [0, 0.1) is 16.0 Å². The van der Waals surface area contributed by atoms with E-state index in [1.54, 1.807) is 36.4 Å². The second-order valence-electron chi connectivity index (χ2n) is 7.88. The minimum Gasteiger partial charge on any atom is -0.354 e. The molecule has 0 fully saturated rings. The van der Waals surface area contributed by atoms with Gasteiger partial charge in [0.1, 0.15) is 6.04 Å². The molecular weight excluding hydrogens is 453 g/mol. The Morgan fingerprint density at radius 2 is 1.81 bits per heavy atom. The molecule has 2 rings (SSSR count). The predicted molar refractivity (Wildman–Crippen MR) is 126 cm³/mol. The van der Waals surface area contributed by atoms with Gasteiger partial charge in [-0.1, -0.05) is 68.2 Å². The van der Waals surface area contributed by atoms with Gasteiger partial charge >= 0.3 is 0 Å². The Morgan fingerprint density at radius 1 is 1.12 bits per heavy atom. The Morgan fingerprint density at radius 3 is 2.41 bits per heavy atom. The van der Waals surface area contributed by atoms with E-state index in [1.807, 2.05) is 20.8 Å². The molecule has 0 heterocycles. The average Bonchev–Trinajstić information content (AvgIpc) is 2.73. The summed E-state index contributed by atoms with van der Waals surface area (Å²) in [4.78, 5) is 38.6. The molecule has 1 atom stereocenters. The molecule has 0 saturated carbocycles. The first-order chi connectivity index (χ1) is 15.1. The first-order valence-electron chi connectivity index (χ1n) is 10.4. The van der Waals surface area contributed by atoms with Crippen molar-refractivity contribution in [2.75, 3.05) is 6.54 Å². The summed E-state index contributed by atoms with van der Waals surface area (Å²) in [6.45, 7) is 6.32. The number of halogens is 2. The summed E-state index contributed by atoms with van der Waals surface area (Å²) in [6.07, 6.45) is 0.161. The number of nitrogens with zero attached hydrogens (tertiary/aromatic N) is 2. The number of carbonyl (C=O) groups excluding carboxylic acids is 2. The van der Waals surface area contributed by atoms with Gasteiger partial charge in [0.05, 0.1) is 11.3 Å². The Balaban J connectivity index is 2.38. The van der Waals surface area contributed by atoms with Crippen LogP contribution in [-0.4, -0.2) is 34.2 Å². The molecule has 0 saturated heterocycles. The fourth-order valence-electron chi connectivity index (χ4n) is 3.28. The van der Waals surface area contributed by atoms with Gasteiger partial charge in [-0.25, -0.2) is 0 Å². The monoisotopic (exact) mass is 479 g/mol. The normalized spacial score (nSPS) is 11.8. The van der Waals surface area contributed by atoms with Crippen molar-refractivity contribution >= 4 is 40.7 Å². The Kier molecular flexibility index (Phi) is 9.47. The van der Waals surface area contributed by atoms with Crippen LogP contribution in [0.4, 0.5) is 5.69 Å². The zero-order valence-corrected chi connectivity index (χ0v) is 19.8. The van der Waals surface area contributed by atoms with Gasteiger partial charge in [0.15, 0.2) is 0 Å². The van der Waals surface area contributed by atoms with E-state index in [0.717, 1.165) is 0 Å². The smallest absolute Gasteiger partial charge is 0.273 e. The number of para-hydroxylation sites is 1. The number of rotatable bonds is 10. The van der Waals surface area contributed by atoms with Crippen LogP contribution in [0.15, 0.2) is 42.5 Å². The van der Waals surface area contributed by atoms with Gasteiger partial charge in [-0.05, 0) is 30.0 Å². The number of nitro groups is 1. The summed E-state index contributed by atoms with van der Waals surface area (Å²) in [5.41, 5.74) is 0.775. The molecule has 9 heteroatoms. The average molecular weight is 480 g/mol. The van der Waals surface area contributed by atoms with Crippen LogP contribution < -0.4 is 5.32 Å². The third-order valence-electron chi connectivity index (χ3n) is 4.96. The van der Waals surface area contributed by atoms with Gasteiger partial charge in [0.2, 0.25) is 11.8 Å². The van der Waals surface area contributed by atoms with Crippen LogP contribution in [0.5, 0.6) is 0 Å². The summed E-state index contributed by atoms with van der Waals surface area (Å²) in [5.74, 6) is -0.433. The molecule has 0 aliphatic heterocycles. The molecule has 2 aromatic carbocycles. The summed E-state index contributed by atoms with van der Waals surface area (Å²) >= 11 is 12.3. The second kappa shape index (κ2) is 11.8. The quantitative estimate of drug-likeness (QED) is 0.382. The fraction of sp³-hybridized carbons (Fsp3) is 0.391. The number of nitro benzene ring substituents is 1. The lowest BCUT2D eigenvalue weighted by atomic mass is 10.1. The van der Waals surface area contributed by atoms with Gasteiger partial charge in [-0.3, -0.25) is 19.7 Å². The topological polar surface area (TPSA) is 92.6 Å². The molecule has 172 valence electrons. The largest absolute Gasteiger partial charge is 0.354 e. The molecule has 2 amide bonds. The third-order valence-corrected chi connectivity index (χ3v) is 5.54. The van der Waals surface area contributed by atoms with Crippen LogP contribution >= 0.6 is 23.2 Å². The summed E-state index contributed by atoms with van der Waals surface area (Å²) in [7, 11) is 0. The van der Waals surface area contributed by atoms with Crippen molar-refractivity contribution in [3.63, 3.8) is 0 Å². The first kappa shape index (κ1) is 25.6. The fourth-order valence-corrected chi connectivity index (χ4v) is 3.75. The number of nitrogens with one attached hydrogen (secondary N) is 1. The van der Waals surface area contributed by atoms with Crippen LogP contribution in [0.3, 0.4) is 0 Å². The summed E-state index contributed by atoms with van der Waals surface area (Å²) < 4.78 is 0. The highest BCUT2D eigenvalue weighted by Gasteiger charge is 2.30. The zero-order valence-electron chi connectivity index (χ0n) is 18.3. The van der Waals surface area contributed by atoms with Gasteiger partial charge < -0.3 is 10.2 Å². The van der Waals surface area contributed by atoms with E-state index in [9.17, 15) is 19.7 Å². The van der Waals surface area contributed by atoms with E-state index >= 15 is 0 Å². The standard InChI is InChI=1S/C23H27Cl2N3O4/c1-4-20(23(30)26-13-15(2)3)27(14-17-9-10-18(24)12-19(17)25)22(29)11-16-7-5-6-8-21(16)28(31)32/h5-10,12,15,20H,4,11,13-14H2,1-3H3,(H,26,30). The van der Waals surface area contributed by atoms with E-state index in [-0.39, 0.29) is 36.0 Å². The predicted octanol–water partition coefficient (Wildman–Crippen LogP) is 5.02. The van der Waals surface area contributed by atoms with Gasteiger partial charge in [-0.15, -0.1) is 0 Å². The molecule has 0 aliphatic carbocycles. The van der Waals surface area contributed by atoms with E-state index in [0.29, 0.717) is 28.6 Å². The highest BCUT2D eigenvalue weighted by atomic mass is 35.5. The van der Waals surface area contributed by atoms with Crippen molar-refractivity contribution in [1.82, 2.24) is 10.2 Å². The van der Waals surface area contributed by atoms with E-state index < -0.39 is 16.9 Å². The highest BCUT2D eigenvalue weighted by molar-refractivity contribution is 6.35. The number of hydrogen-bond acceptors (Lipinski definition) is 4. The van der Waals surface area contributed by atoms with Gasteiger partial charge in [0, 0.05) is 34.8 Å². The lowest BCUT2D eigenvalue weighted by molar-refractivity contribution is -0.385. The molecule has 0 aromatic heterocycles. The van der Waals surface area contributed by atoms with Crippen molar-refractivity contribution in [1.29, 1.82) is 0 Å². The van der Waals surface area contributed by atoms with Crippen molar-refractivity contribution in [2.45, 2.75) is 46.2 Å². The van der Waals surface area contributed by atoms with Crippen molar-refractivity contribution in [3.8, 4) is 0 Å². The van der Waals surface area contributed by atoms with Crippen molar-refractivity contribution in [2.24, 2.45) is 5.92 Å². The molecule has 0 aliphatic rings. The van der Waals surface area contributed by atoms with Crippen molar-refractivity contribution in [3.05, 3.63) is 73.8 Å².